The van der Waals surface area contributed by atoms with Crippen molar-refractivity contribution in [2.45, 2.75) is 25.3 Å². The summed E-state index contributed by atoms with van der Waals surface area (Å²) in [7, 11) is 1.75. The molecule has 5 aromatic rings. The molecule has 7 heteroatoms. The number of aromatic nitrogens is 4. The van der Waals surface area contributed by atoms with Crippen LogP contribution in [0.25, 0.3) is 33.3 Å². The lowest BCUT2D eigenvalue weighted by Gasteiger charge is -2.25. The predicted molar refractivity (Wildman–Crippen MR) is 140 cm³/mol. The van der Waals surface area contributed by atoms with Gasteiger partial charge in [-0.2, -0.15) is 5.10 Å². The molecule has 0 unspecified atom stereocenters. The first-order valence-corrected chi connectivity index (χ1v) is 12.3. The Morgan fingerprint density at radius 3 is 2.75 bits per heavy atom. The van der Waals surface area contributed by atoms with Crippen LogP contribution in [-0.4, -0.2) is 39.9 Å². The van der Waals surface area contributed by atoms with E-state index in [4.69, 9.17) is 4.74 Å². The van der Waals surface area contributed by atoms with Crippen molar-refractivity contribution in [3.63, 3.8) is 0 Å². The summed E-state index contributed by atoms with van der Waals surface area (Å²) in [6.45, 7) is 2.60. The zero-order valence-electron chi connectivity index (χ0n) is 20.2. The van der Waals surface area contributed by atoms with Crippen LogP contribution >= 0.6 is 0 Å². The number of aromatic amines is 1. The molecule has 182 valence electrons. The Hall–Kier alpha value is -3.97. The van der Waals surface area contributed by atoms with E-state index < -0.39 is 0 Å². The smallest absolute Gasteiger partial charge is 0.137 e. The van der Waals surface area contributed by atoms with E-state index in [1.54, 1.807) is 13.2 Å². The van der Waals surface area contributed by atoms with Crippen molar-refractivity contribution in [1.82, 2.24) is 25.1 Å². The second-order valence-corrected chi connectivity index (χ2v) is 9.36. The lowest BCUT2D eigenvalue weighted by molar-refractivity contribution is 0.392. The first kappa shape index (κ1) is 22.5. The SMILES string of the molecule is COc1cc(-c2cnc3[nH]cc(-c4cnn(Cc5cccc(F)c5)c4)c3c2)ccc1C1CCNCC1. The zero-order chi connectivity index (χ0) is 24.5. The average molecular weight is 482 g/mol. The van der Waals surface area contributed by atoms with Gasteiger partial charge in [-0.15, -0.1) is 0 Å². The fourth-order valence-electron chi connectivity index (χ4n) is 5.17. The fraction of sp³-hybridized carbons (Fsp3) is 0.241. The van der Waals surface area contributed by atoms with Crippen LogP contribution < -0.4 is 10.1 Å². The summed E-state index contributed by atoms with van der Waals surface area (Å²) in [5.74, 6) is 1.22. The summed E-state index contributed by atoms with van der Waals surface area (Å²) >= 11 is 0. The third kappa shape index (κ3) is 4.38. The number of benzene rings is 2. The molecule has 0 spiro atoms. The van der Waals surface area contributed by atoms with Crippen molar-refractivity contribution in [2.75, 3.05) is 20.2 Å². The molecule has 2 aromatic carbocycles. The van der Waals surface area contributed by atoms with E-state index in [0.717, 1.165) is 70.5 Å². The number of piperidine rings is 1. The van der Waals surface area contributed by atoms with Crippen molar-refractivity contribution in [3.8, 4) is 28.0 Å². The molecule has 1 fully saturated rings. The van der Waals surface area contributed by atoms with Gasteiger partial charge in [0.25, 0.3) is 0 Å². The first-order chi connectivity index (χ1) is 17.7. The van der Waals surface area contributed by atoms with Crippen LogP contribution in [0.4, 0.5) is 4.39 Å². The summed E-state index contributed by atoms with van der Waals surface area (Å²) in [6.07, 6.45) is 9.94. The number of hydrogen-bond donors (Lipinski definition) is 2. The van der Waals surface area contributed by atoms with E-state index in [9.17, 15) is 4.39 Å². The summed E-state index contributed by atoms with van der Waals surface area (Å²) in [5.41, 5.74) is 7.10. The summed E-state index contributed by atoms with van der Waals surface area (Å²) < 4.78 is 21.2. The second-order valence-electron chi connectivity index (χ2n) is 9.36. The molecule has 0 radical (unpaired) electrons. The predicted octanol–water partition coefficient (Wildman–Crippen LogP) is 5.76. The normalized spacial score (nSPS) is 14.4. The molecule has 2 N–H and O–H groups in total. The van der Waals surface area contributed by atoms with Gasteiger partial charge in [-0.25, -0.2) is 9.37 Å². The van der Waals surface area contributed by atoms with E-state index >= 15 is 0 Å². The molecule has 0 saturated carbocycles. The van der Waals surface area contributed by atoms with E-state index in [2.05, 4.69) is 44.6 Å². The highest BCUT2D eigenvalue weighted by atomic mass is 19.1. The first-order valence-electron chi connectivity index (χ1n) is 12.3. The largest absolute Gasteiger partial charge is 0.496 e. The fourth-order valence-corrected chi connectivity index (χ4v) is 5.17. The Morgan fingerprint density at radius 2 is 1.92 bits per heavy atom. The van der Waals surface area contributed by atoms with E-state index in [0.29, 0.717) is 12.5 Å². The molecule has 0 amide bonds. The Balaban J connectivity index is 1.31. The van der Waals surface area contributed by atoms with Crippen molar-refractivity contribution in [3.05, 3.63) is 90.3 Å². The lowest BCUT2D eigenvalue weighted by atomic mass is 9.88. The van der Waals surface area contributed by atoms with Crippen LogP contribution in [0.5, 0.6) is 5.75 Å². The average Bonchev–Trinajstić information content (AvgIpc) is 3.55. The summed E-state index contributed by atoms with van der Waals surface area (Å²) in [6, 6.07) is 15.3. The number of nitrogens with zero attached hydrogens (tertiary/aromatic N) is 3. The molecular formula is C29H28FN5O. The van der Waals surface area contributed by atoms with Crippen LogP contribution in [0.1, 0.15) is 29.9 Å². The number of hydrogen-bond acceptors (Lipinski definition) is 4. The number of nitrogens with one attached hydrogen (secondary N) is 2. The Kier molecular flexibility index (Phi) is 5.99. The van der Waals surface area contributed by atoms with Crippen LogP contribution in [0.2, 0.25) is 0 Å². The Labute approximate surface area is 209 Å². The number of halogens is 1. The maximum absolute atomic E-state index is 13.6. The number of fused-ring (bicyclic) bond motifs is 1. The number of H-pyrrole nitrogens is 1. The van der Waals surface area contributed by atoms with Gasteiger partial charge in [0, 0.05) is 40.7 Å². The third-order valence-corrected chi connectivity index (χ3v) is 7.05. The molecule has 4 heterocycles. The maximum Gasteiger partial charge on any atom is 0.137 e. The number of ether oxygens (including phenoxy) is 1. The topological polar surface area (TPSA) is 67.8 Å². The molecule has 6 nitrogen and oxygen atoms in total. The van der Waals surface area contributed by atoms with Crippen LogP contribution in [0.15, 0.2) is 73.3 Å². The number of methoxy groups -OCH3 is 1. The van der Waals surface area contributed by atoms with Gasteiger partial charge in [-0.1, -0.05) is 24.3 Å². The minimum Gasteiger partial charge on any atom is -0.496 e. The van der Waals surface area contributed by atoms with E-state index in [-0.39, 0.29) is 5.82 Å². The van der Waals surface area contributed by atoms with Gasteiger partial charge in [0.1, 0.15) is 17.2 Å². The highest BCUT2D eigenvalue weighted by molar-refractivity contribution is 5.95. The minimum absolute atomic E-state index is 0.240. The van der Waals surface area contributed by atoms with E-state index in [1.165, 1.54) is 17.7 Å². The van der Waals surface area contributed by atoms with Crippen LogP contribution in [-0.2, 0) is 6.54 Å². The van der Waals surface area contributed by atoms with Crippen LogP contribution in [0, 0.1) is 5.82 Å². The molecular weight excluding hydrogens is 453 g/mol. The molecule has 1 saturated heterocycles. The monoisotopic (exact) mass is 481 g/mol. The molecule has 1 aliphatic rings. The highest BCUT2D eigenvalue weighted by Crippen LogP contribution is 2.37. The molecule has 0 bridgehead atoms. The third-order valence-electron chi connectivity index (χ3n) is 7.05. The lowest BCUT2D eigenvalue weighted by Crippen LogP contribution is -2.26. The van der Waals surface area contributed by atoms with Gasteiger partial charge in [-0.3, -0.25) is 4.68 Å². The minimum atomic E-state index is -0.240. The molecule has 6 rings (SSSR count). The quantitative estimate of drug-likeness (QED) is 0.324. The van der Waals surface area contributed by atoms with Gasteiger partial charge in [0.15, 0.2) is 0 Å². The summed E-state index contributed by atoms with van der Waals surface area (Å²) in [4.78, 5) is 7.96. The molecule has 36 heavy (non-hydrogen) atoms. The number of rotatable bonds is 6. The van der Waals surface area contributed by atoms with Gasteiger partial charge < -0.3 is 15.0 Å². The van der Waals surface area contributed by atoms with Gasteiger partial charge in [-0.05, 0) is 72.8 Å². The maximum atomic E-state index is 13.6. The van der Waals surface area contributed by atoms with Gasteiger partial charge in [0.05, 0.1) is 19.9 Å². The number of pyridine rings is 1. The Bertz CT molecular complexity index is 1520. The highest BCUT2D eigenvalue weighted by Gasteiger charge is 2.20. The van der Waals surface area contributed by atoms with Crippen molar-refractivity contribution in [2.24, 2.45) is 0 Å². The van der Waals surface area contributed by atoms with Crippen molar-refractivity contribution < 1.29 is 9.13 Å². The van der Waals surface area contributed by atoms with Gasteiger partial charge >= 0.3 is 0 Å². The van der Waals surface area contributed by atoms with E-state index in [1.807, 2.05) is 35.5 Å². The Morgan fingerprint density at radius 1 is 1.03 bits per heavy atom. The molecule has 0 atom stereocenters. The van der Waals surface area contributed by atoms with Crippen molar-refractivity contribution in [1.29, 1.82) is 0 Å². The zero-order valence-corrected chi connectivity index (χ0v) is 20.2. The molecule has 1 aliphatic heterocycles. The molecule has 3 aromatic heterocycles. The standard InChI is InChI=1S/C29H28FN5O/c1-36-28-13-21(5-6-25(28)20-7-9-31-10-8-20)22-12-26-27(16-33-29(26)32-14-22)23-15-34-35(18-23)17-19-3-2-4-24(30)11-19/h2-6,11-16,18,20,31H,7-10,17H2,1H3,(H,32,33). The summed E-state index contributed by atoms with van der Waals surface area (Å²) in [5, 5.41) is 8.96. The van der Waals surface area contributed by atoms with Crippen LogP contribution in [0.3, 0.4) is 0 Å². The second kappa shape index (κ2) is 9.59. The molecule has 0 aliphatic carbocycles. The van der Waals surface area contributed by atoms with Crippen molar-refractivity contribution >= 4 is 11.0 Å². The van der Waals surface area contributed by atoms with Gasteiger partial charge in [0.2, 0.25) is 0 Å².